The van der Waals surface area contributed by atoms with E-state index in [4.69, 9.17) is 20.6 Å². The predicted octanol–water partition coefficient (Wildman–Crippen LogP) is 3.42. The molecule has 0 aliphatic heterocycles. The van der Waals surface area contributed by atoms with Gasteiger partial charge in [-0.25, -0.2) is 9.97 Å². The highest BCUT2D eigenvalue weighted by Crippen LogP contribution is 2.34. The van der Waals surface area contributed by atoms with Crippen molar-refractivity contribution in [2.75, 3.05) is 6.61 Å². The van der Waals surface area contributed by atoms with E-state index in [1.165, 1.54) is 0 Å². The SMILES string of the molecule is CCCO[C@H]1C[C@@H](c2nc(-c3ccccn3)nn2-c2cccc(C)n2)CC[C@@H]1N. The van der Waals surface area contributed by atoms with Gasteiger partial charge in [0.1, 0.15) is 11.5 Å². The Morgan fingerprint density at radius 3 is 2.79 bits per heavy atom. The van der Waals surface area contributed by atoms with Crippen molar-refractivity contribution in [3.8, 4) is 17.3 Å². The first-order valence-electron chi connectivity index (χ1n) is 10.3. The topological polar surface area (TPSA) is 91.7 Å². The Labute approximate surface area is 171 Å². The van der Waals surface area contributed by atoms with Gasteiger partial charge in [0.15, 0.2) is 5.82 Å². The summed E-state index contributed by atoms with van der Waals surface area (Å²) >= 11 is 0. The smallest absolute Gasteiger partial charge is 0.200 e. The van der Waals surface area contributed by atoms with Crippen molar-refractivity contribution in [3.63, 3.8) is 0 Å². The van der Waals surface area contributed by atoms with Gasteiger partial charge < -0.3 is 10.5 Å². The number of rotatable bonds is 6. The second-order valence-corrected chi connectivity index (χ2v) is 7.64. The molecule has 3 atom stereocenters. The minimum Gasteiger partial charge on any atom is -0.377 e. The van der Waals surface area contributed by atoms with Crippen molar-refractivity contribution >= 4 is 0 Å². The summed E-state index contributed by atoms with van der Waals surface area (Å²) in [7, 11) is 0. The highest BCUT2D eigenvalue weighted by Gasteiger charge is 2.33. The van der Waals surface area contributed by atoms with Crippen molar-refractivity contribution < 1.29 is 4.74 Å². The van der Waals surface area contributed by atoms with E-state index in [1.807, 2.05) is 48.0 Å². The monoisotopic (exact) mass is 392 g/mol. The first-order valence-corrected chi connectivity index (χ1v) is 10.3. The third-order valence-corrected chi connectivity index (χ3v) is 5.36. The van der Waals surface area contributed by atoms with E-state index in [9.17, 15) is 0 Å². The van der Waals surface area contributed by atoms with E-state index >= 15 is 0 Å². The Bertz CT molecular complexity index is 941. The fourth-order valence-corrected chi connectivity index (χ4v) is 3.86. The lowest BCUT2D eigenvalue weighted by molar-refractivity contribution is 0.00883. The van der Waals surface area contributed by atoms with Gasteiger partial charge in [-0.1, -0.05) is 19.1 Å². The molecule has 0 radical (unpaired) electrons. The number of aromatic nitrogens is 5. The fourth-order valence-electron chi connectivity index (χ4n) is 3.86. The van der Waals surface area contributed by atoms with Gasteiger partial charge in [0.05, 0.1) is 6.10 Å². The summed E-state index contributed by atoms with van der Waals surface area (Å²) in [5.41, 5.74) is 8.03. The summed E-state index contributed by atoms with van der Waals surface area (Å²) in [4.78, 5) is 14.0. The summed E-state index contributed by atoms with van der Waals surface area (Å²) in [5.74, 6) is 2.50. The maximum atomic E-state index is 6.34. The fraction of sp³-hybridized carbons (Fsp3) is 0.455. The van der Waals surface area contributed by atoms with Crippen LogP contribution in [0.5, 0.6) is 0 Å². The number of nitrogens with zero attached hydrogens (tertiary/aromatic N) is 5. The summed E-state index contributed by atoms with van der Waals surface area (Å²) in [6.07, 6.45) is 5.50. The average Bonchev–Trinajstić information content (AvgIpc) is 3.19. The Balaban J connectivity index is 1.72. The number of ether oxygens (including phenoxy) is 1. The molecular formula is C22H28N6O. The third kappa shape index (κ3) is 4.36. The van der Waals surface area contributed by atoms with Crippen LogP contribution in [-0.2, 0) is 4.74 Å². The zero-order valence-corrected chi connectivity index (χ0v) is 17.0. The van der Waals surface area contributed by atoms with E-state index in [-0.39, 0.29) is 18.1 Å². The molecule has 7 heteroatoms. The Hall–Kier alpha value is -2.64. The molecule has 29 heavy (non-hydrogen) atoms. The van der Waals surface area contributed by atoms with Gasteiger partial charge in [0.2, 0.25) is 5.82 Å². The maximum absolute atomic E-state index is 6.34. The summed E-state index contributed by atoms with van der Waals surface area (Å²) in [6.45, 7) is 4.83. The minimum atomic E-state index is 0.0441. The van der Waals surface area contributed by atoms with Gasteiger partial charge in [0.25, 0.3) is 0 Å². The van der Waals surface area contributed by atoms with Crippen LogP contribution in [-0.4, -0.2) is 43.5 Å². The van der Waals surface area contributed by atoms with Crippen LogP contribution >= 0.6 is 0 Å². The largest absolute Gasteiger partial charge is 0.377 e. The van der Waals surface area contributed by atoms with Gasteiger partial charge in [0, 0.05) is 30.5 Å². The van der Waals surface area contributed by atoms with E-state index in [0.29, 0.717) is 5.82 Å². The van der Waals surface area contributed by atoms with Crippen LogP contribution in [0.4, 0.5) is 0 Å². The van der Waals surface area contributed by atoms with Crippen LogP contribution in [0.1, 0.15) is 50.0 Å². The Morgan fingerprint density at radius 1 is 1.14 bits per heavy atom. The Kier molecular flexibility index (Phi) is 5.97. The van der Waals surface area contributed by atoms with Gasteiger partial charge >= 0.3 is 0 Å². The molecule has 0 spiro atoms. The quantitative estimate of drug-likeness (QED) is 0.691. The molecule has 0 saturated heterocycles. The van der Waals surface area contributed by atoms with Crippen molar-refractivity contribution in [3.05, 3.63) is 54.1 Å². The summed E-state index contributed by atoms with van der Waals surface area (Å²) in [5, 5.41) is 4.78. The first-order chi connectivity index (χ1) is 14.2. The number of pyridine rings is 2. The van der Waals surface area contributed by atoms with Crippen LogP contribution in [0.15, 0.2) is 42.6 Å². The zero-order valence-electron chi connectivity index (χ0n) is 17.0. The molecule has 0 unspecified atom stereocenters. The molecule has 3 heterocycles. The molecule has 1 aliphatic carbocycles. The lowest BCUT2D eigenvalue weighted by Crippen LogP contribution is -2.42. The Morgan fingerprint density at radius 2 is 2.03 bits per heavy atom. The van der Waals surface area contributed by atoms with E-state index < -0.39 is 0 Å². The molecule has 3 aromatic rings. The van der Waals surface area contributed by atoms with Crippen LogP contribution in [0.2, 0.25) is 0 Å². The average molecular weight is 393 g/mol. The van der Waals surface area contributed by atoms with Gasteiger partial charge in [-0.05, 0) is 56.9 Å². The van der Waals surface area contributed by atoms with Gasteiger partial charge in [-0.2, -0.15) is 4.68 Å². The molecule has 0 amide bonds. The minimum absolute atomic E-state index is 0.0441. The molecule has 4 rings (SSSR count). The highest BCUT2D eigenvalue weighted by molar-refractivity contribution is 5.49. The number of hydrogen-bond donors (Lipinski definition) is 1. The van der Waals surface area contributed by atoms with E-state index in [0.717, 1.165) is 55.3 Å². The van der Waals surface area contributed by atoms with Gasteiger partial charge in [-0.3, -0.25) is 4.98 Å². The lowest BCUT2D eigenvalue weighted by Gasteiger charge is -2.33. The predicted molar refractivity (Wildman–Crippen MR) is 112 cm³/mol. The molecule has 0 aromatic carbocycles. The van der Waals surface area contributed by atoms with Crippen LogP contribution in [0, 0.1) is 6.92 Å². The van der Waals surface area contributed by atoms with Crippen molar-refractivity contribution in [1.82, 2.24) is 24.7 Å². The van der Waals surface area contributed by atoms with Crippen LogP contribution in [0.25, 0.3) is 17.3 Å². The van der Waals surface area contributed by atoms with Crippen LogP contribution in [0.3, 0.4) is 0 Å². The zero-order chi connectivity index (χ0) is 20.2. The van der Waals surface area contributed by atoms with Gasteiger partial charge in [-0.15, -0.1) is 5.10 Å². The molecule has 2 N–H and O–H groups in total. The third-order valence-electron chi connectivity index (χ3n) is 5.36. The normalized spacial score (nSPS) is 22.0. The second-order valence-electron chi connectivity index (χ2n) is 7.64. The molecule has 7 nitrogen and oxygen atoms in total. The molecule has 1 aliphatic rings. The molecule has 1 saturated carbocycles. The molecule has 0 bridgehead atoms. The van der Waals surface area contributed by atoms with E-state index in [1.54, 1.807) is 6.20 Å². The molecular weight excluding hydrogens is 364 g/mol. The number of nitrogens with two attached hydrogens (primary N) is 1. The van der Waals surface area contributed by atoms with E-state index in [2.05, 4.69) is 16.9 Å². The number of aryl methyl sites for hydroxylation is 1. The number of hydrogen-bond acceptors (Lipinski definition) is 6. The molecule has 3 aromatic heterocycles. The molecule has 1 fully saturated rings. The summed E-state index contributed by atoms with van der Waals surface area (Å²) < 4.78 is 7.91. The molecule has 152 valence electrons. The van der Waals surface area contributed by atoms with Crippen molar-refractivity contribution in [2.45, 2.75) is 57.6 Å². The van der Waals surface area contributed by atoms with Crippen LogP contribution < -0.4 is 5.73 Å². The first kappa shape index (κ1) is 19.7. The highest BCUT2D eigenvalue weighted by atomic mass is 16.5. The van der Waals surface area contributed by atoms with Crippen molar-refractivity contribution in [2.24, 2.45) is 5.73 Å². The summed E-state index contributed by atoms with van der Waals surface area (Å²) in [6, 6.07) is 11.8. The second kappa shape index (κ2) is 8.80. The maximum Gasteiger partial charge on any atom is 0.200 e. The van der Waals surface area contributed by atoms with Crippen molar-refractivity contribution in [1.29, 1.82) is 0 Å². The standard InChI is InChI=1S/C22H28N6O/c1-3-13-29-19-14-16(10-11-17(19)23)22-26-21(18-8-4-5-12-24-18)27-28(22)20-9-6-7-15(2)25-20/h4-9,12,16-17,19H,3,10-11,13-14,23H2,1-2H3/t16-,17-,19-/m0/s1. The lowest BCUT2D eigenvalue weighted by atomic mass is 9.83.